The van der Waals surface area contributed by atoms with Crippen LogP contribution in [0.5, 0.6) is 0 Å². The van der Waals surface area contributed by atoms with Gasteiger partial charge < -0.3 is 0 Å². The summed E-state index contributed by atoms with van der Waals surface area (Å²) in [4.78, 5) is 18.2. The van der Waals surface area contributed by atoms with Gasteiger partial charge in [-0.15, -0.1) is 5.10 Å². The number of hydrogen-bond acceptors (Lipinski definition) is 4. The molecule has 90 valence electrons. The molecule has 0 saturated heterocycles. The van der Waals surface area contributed by atoms with E-state index in [2.05, 4.69) is 15.1 Å². The molecule has 2 aromatic heterocycles. The Morgan fingerprint density at radius 1 is 1.35 bits per heavy atom. The zero-order chi connectivity index (χ0) is 12.8. The number of ketones is 1. The molecule has 0 aliphatic rings. The molecule has 0 spiro atoms. The van der Waals surface area contributed by atoms with E-state index in [-0.39, 0.29) is 17.1 Å². The fourth-order valence-corrected chi connectivity index (χ4v) is 1.37. The van der Waals surface area contributed by atoms with E-state index in [0.29, 0.717) is 5.69 Å². The molecule has 0 amide bonds. The highest BCUT2D eigenvalue weighted by atomic mass is 19.4. The van der Waals surface area contributed by atoms with Gasteiger partial charge >= 0.3 is 6.18 Å². The normalized spacial score (nSPS) is 12.1. The third-order valence-corrected chi connectivity index (χ3v) is 2.15. The van der Waals surface area contributed by atoms with E-state index in [1.54, 1.807) is 0 Å². The predicted molar refractivity (Wildman–Crippen MR) is 50.5 cm³/mol. The average molecular weight is 244 g/mol. The van der Waals surface area contributed by atoms with Gasteiger partial charge in [-0.25, -0.2) is 9.50 Å². The van der Waals surface area contributed by atoms with Gasteiger partial charge in [0.2, 0.25) is 0 Å². The van der Waals surface area contributed by atoms with Crippen LogP contribution in [-0.4, -0.2) is 25.4 Å². The topological polar surface area (TPSA) is 60.2 Å². The van der Waals surface area contributed by atoms with Gasteiger partial charge in [0, 0.05) is 6.20 Å². The predicted octanol–water partition coefficient (Wildman–Crippen LogP) is 1.65. The van der Waals surface area contributed by atoms with Crippen molar-refractivity contribution in [1.29, 1.82) is 0 Å². The maximum atomic E-state index is 12.4. The largest absolute Gasteiger partial charge is 0.453 e. The highest BCUT2D eigenvalue weighted by molar-refractivity contribution is 5.94. The van der Waals surface area contributed by atoms with Crippen LogP contribution in [0.25, 0.3) is 5.78 Å². The van der Waals surface area contributed by atoms with Crippen molar-refractivity contribution in [1.82, 2.24) is 19.6 Å². The van der Waals surface area contributed by atoms with Crippen LogP contribution < -0.4 is 0 Å². The Hall–Kier alpha value is -1.99. The third-order valence-electron chi connectivity index (χ3n) is 2.15. The summed E-state index contributed by atoms with van der Waals surface area (Å²) in [6, 6.07) is 0. The Balaban J connectivity index is 2.67. The van der Waals surface area contributed by atoms with Gasteiger partial charge in [0.1, 0.15) is 0 Å². The first-order valence-corrected chi connectivity index (χ1v) is 4.61. The van der Waals surface area contributed by atoms with Crippen molar-refractivity contribution in [2.45, 2.75) is 20.0 Å². The Labute approximate surface area is 93.3 Å². The Morgan fingerprint density at radius 2 is 2.00 bits per heavy atom. The number of alkyl halides is 3. The van der Waals surface area contributed by atoms with Crippen LogP contribution in [0.2, 0.25) is 0 Å². The van der Waals surface area contributed by atoms with E-state index in [9.17, 15) is 18.0 Å². The Kier molecular flexibility index (Phi) is 2.37. The number of aryl methyl sites for hydroxylation is 1. The molecular weight excluding hydrogens is 237 g/mol. The highest BCUT2D eigenvalue weighted by Gasteiger charge is 2.36. The number of carbonyl (C=O) groups excluding carboxylic acids is 1. The fraction of sp³-hybridized carbons (Fsp3) is 0.333. The summed E-state index contributed by atoms with van der Waals surface area (Å²) in [5.41, 5.74) is 0.544. The fourth-order valence-electron chi connectivity index (χ4n) is 1.37. The van der Waals surface area contributed by atoms with E-state index < -0.39 is 12.0 Å². The molecular formula is C9H7F3N4O. The van der Waals surface area contributed by atoms with Crippen molar-refractivity contribution in [3.8, 4) is 0 Å². The lowest BCUT2D eigenvalue weighted by Gasteiger charge is -2.00. The third kappa shape index (κ3) is 1.97. The number of halogens is 3. The molecule has 2 rings (SSSR count). The monoisotopic (exact) mass is 244 g/mol. The Morgan fingerprint density at radius 3 is 2.53 bits per heavy atom. The summed E-state index contributed by atoms with van der Waals surface area (Å²) in [6.45, 7) is 2.83. The molecule has 2 aromatic rings. The van der Waals surface area contributed by atoms with Crippen LogP contribution in [0.4, 0.5) is 13.2 Å². The van der Waals surface area contributed by atoms with Gasteiger partial charge in [-0.05, 0) is 13.8 Å². The van der Waals surface area contributed by atoms with E-state index in [1.807, 2.05) is 0 Å². The second kappa shape index (κ2) is 3.51. The zero-order valence-electron chi connectivity index (χ0n) is 8.91. The molecule has 8 heteroatoms. The highest BCUT2D eigenvalue weighted by Crippen LogP contribution is 2.26. The lowest BCUT2D eigenvalue weighted by molar-refractivity contribution is -0.144. The first-order chi connectivity index (χ1) is 7.79. The number of carbonyl (C=O) groups is 1. The Bertz CT molecular complexity index is 602. The van der Waals surface area contributed by atoms with Crippen molar-refractivity contribution >= 4 is 11.6 Å². The number of aromatic nitrogens is 4. The molecule has 5 nitrogen and oxygen atoms in total. The summed E-state index contributed by atoms with van der Waals surface area (Å²) in [5.74, 6) is -1.74. The second-order valence-electron chi connectivity index (χ2n) is 3.47. The molecule has 0 fully saturated rings. The standard InChI is InChI=1S/C9H7F3N4O/c1-4-6(5(2)17)3-16-8(13-4)14-7(15-16)9(10,11)12/h3H,1-2H3. The molecule has 0 N–H and O–H groups in total. The van der Waals surface area contributed by atoms with Gasteiger partial charge in [0.05, 0.1) is 11.3 Å². The average Bonchev–Trinajstić information content (AvgIpc) is 2.58. The van der Waals surface area contributed by atoms with Gasteiger partial charge in [0.25, 0.3) is 11.6 Å². The molecule has 0 radical (unpaired) electrons. The quantitative estimate of drug-likeness (QED) is 0.715. The molecule has 0 unspecified atom stereocenters. The van der Waals surface area contributed by atoms with Crippen molar-refractivity contribution in [2.75, 3.05) is 0 Å². The summed E-state index contributed by atoms with van der Waals surface area (Å²) < 4.78 is 37.9. The zero-order valence-corrected chi connectivity index (χ0v) is 8.91. The number of nitrogens with zero attached hydrogens (tertiary/aromatic N) is 4. The molecule has 0 aromatic carbocycles. The number of rotatable bonds is 1. The van der Waals surface area contributed by atoms with Crippen LogP contribution in [0.3, 0.4) is 0 Å². The van der Waals surface area contributed by atoms with E-state index in [1.165, 1.54) is 20.0 Å². The molecule has 0 aliphatic heterocycles. The summed E-state index contributed by atoms with van der Waals surface area (Å²) in [6.07, 6.45) is -3.43. The summed E-state index contributed by atoms with van der Waals surface area (Å²) >= 11 is 0. The van der Waals surface area contributed by atoms with E-state index in [0.717, 1.165) is 4.52 Å². The first kappa shape index (κ1) is 11.5. The smallest absolute Gasteiger partial charge is 0.294 e. The molecule has 0 aliphatic carbocycles. The van der Waals surface area contributed by atoms with Crippen LogP contribution in [0, 0.1) is 6.92 Å². The van der Waals surface area contributed by atoms with Gasteiger partial charge in [0.15, 0.2) is 5.78 Å². The minimum Gasteiger partial charge on any atom is -0.294 e. The number of Topliss-reactive ketones (excluding diaryl/α,β-unsaturated/α-hetero) is 1. The van der Waals surface area contributed by atoms with E-state index >= 15 is 0 Å². The van der Waals surface area contributed by atoms with Gasteiger partial charge in [-0.1, -0.05) is 0 Å². The molecule has 0 saturated carbocycles. The summed E-state index contributed by atoms with van der Waals surface area (Å²) in [5, 5.41) is 3.23. The molecule has 0 bridgehead atoms. The van der Waals surface area contributed by atoms with Crippen molar-refractivity contribution in [2.24, 2.45) is 0 Å². The van der Waals surface area contributed by atoms with Crippen LogP contribution in [-0.2, 0) is 6.18 Å². The lowest BCUT2D eigenvalue weighted by Crippen LogP contribution is -2.07. The van der Waals surface area contributed by atoms with Crippen LogP contribution in [0.15, 0.2) is 6.20 Å². The van der Waals surface area contributed by atoms with Crippen molar-refractivity contribution in [3.05, 3.63) is 23.3 Å². The minimum absolute atomic E-state index is 0.181. The first-order valence-electron chi connectivity index (χ1n) is 4.61. The SMILES string of the molecule is CC(=O)c1cn2nc(C(F)(F)F)nc2nc1C. The lowest BCUT2D eigenvalue weighted by atomic mass is 10.2. The van der Waals surface area contributed by atoms with Gasteiger partial charge in [-0.2, -0.15) is 18.2 Å². The molecule has 17 heavy (non-hydrogen) atoms. The molecule has 2 heterocycles. The van der Waals surface area contributed by atoms with Crippen LogP contribution >= 0.6 is 0 Å². The number of hydrogen-bond donors (Lipinski definition) is 0. The second-order valence-corrected chi connectivity index (χ2v) is 3.47. The maximum Gasteiger partial charge on any atom is 0.453 e. The van der Waals surface area contributed by atoms with E-state index in [4.69, 9.17) is 0 Å². The minimum atomic E-state index is -4.63. The maximum absolute atomic E-state index is 12.4. The van der Waals surface area contributed by atoms with Gasteiger partial charge in [-0.3, -0.25) is 4.79 Å². The number of fused-ring (bicyclic) bond motifs is 1. The van der Waals surface area contributed by atoms with Crippen molar-refractivity contribution in [3.63, 3.8) is 0 Å². The van der Waals surface area contributed by atoms with Crippen molar-refractivity contribution < 1.29 is 18.0 Å². The summed E-state index contributed by atoms with van der Waals surface area (Å²) in [7, 11) is 0. The molecule has 0 atom stereocenters. The van der Waals surface area contributed by atoms with Crippen LogP contribution in [0.1, 0.15) is 28.8 Å².